The van der Waals surface area contributed by atoms with E-state index in [1.54, 1.807) is 30.3 Å². The van der Waals surface area contributed by atoms with Gasteiger partial charge in [0.15, 0.2) is 0 Å². The summed E-state index contributed by atoms with van der Waals surface area (Å²) in [5, 5.41) is 2.89. The summed E-state index contributed by atoms with van der Waals surface area (Å²) >= 11 is 0. The Morgan fingerprint density at radius 1 is 0.903 bits per heavy atom. The average Bonchev–Trinajstić information content (AvgIpc) is 2.76. The second kappa shape index (κ2) is 10.2. The predicted molar refractivity (Wildman–Crippen MR) is 121 cm³/mol. The second-order valence-electron chi connectivity index (χ2n) is 7.26. The van der Waals surface area contributed by atoms with Crippen molar-refractivity contribution in [3.05, 3.63) is 101 Å². The maximum Gasteiger partial charge on any atom is 0.251 e. The van der Waals surface area contributed by atoms with E-state index in [4.69, 9.17) is 0 Å². The SMILES string of the molecule is CS(=O)(=O)N(Cc1ccc(C(=O)NCCCc2ccccc2)cc1)c1ccccc1F. The molecule has 162 valence electrons. The van der Waals surface area contributed by atoms with Gasteiger partial charge in [0, 0.05) is 12.1 Å². The van der Waals surface area contributed by atoms with Crippen molar-refractivity contribution in [3.63, 3.8) is 0 Å². The van der Waals surface area contributed by atoms with Crippen LogP contribution in [0.3, 0.4) is 0 Å². The van der Waals surface area contributed by atoms with Gasteiger partial charge in [0.2, 0.25) is 10.0 Å². The van der Waals surface area contributed by atoms with Crippen LogP contribution >= 0.6 is 0 Å². The Morgan fingerprint density at radius 3 is 2.19 bits per heavy atom. The normalized spacial score (nSPS) is 11.2. The molecule has 7 heteroatoms. The standard InChI is InChI=1S/C24H25FN2O3S/c1-31(29,30)27(23-12-6-5-11-22(23)25)18-20-13-15-21(16-14-20)24(28)26-17-7-10-19-8-3-2-4-9-19/h2-6,8-9,11-16H,7,10,17-18H2,1H3,(H,26,28). The van der Waals surface area contributed by atoms with E-state index in [2.05, 4.69) is 17.4 Å². The summed E-state index contributed by atoms with van der Waals surface area (Å²) in [7, 11) is -3.69. The zero-order valence-electron chi connectivity index (χ0n) is 17.3. The molecule has 3 aromatic rings. The number of halogens is 1. The molecule has 0 saturated carbocycles. The molecule has 31 heavy (non-hydrogen) atoms. The molecule has 0 aromatic heterocycles. The van der Waals surface area contributed by atoms with Crippen molar-refractivity contribution in [2.75, 3.05) is 17.1 Å². The highest BCUT2D eigenvalue weighted by Gasteiger charge is 2.21. The lowest BCUT2D eigenvalue weighted by Crippen LogP contribution is -2.30. The lowest BCUT2D eigenvalue weighted by molar-refractivity contribution is 0.0953. The number of carbonyl (C=O) groups excluding carboxylic acids is 1. The van der Waals surface area contributed by atoms with E-state index in [0.29, 0.717) is 17.7 Å². The van der Waals surface area contributed by atoms with Gasteiger partial charge in [-0.25, -0.2) is 12.8 Å². The van der Waals surface area contributed by atoms with Crippen molar-refractivity contribution in [2.24, 2.45) is 0 Å². The van der Waals surface area contributed by atoms with Crippen LogP contribution in [-0.4, -0.2) is 27.1 Å². The van der Waals surface area contributed by atoms with Gasteiger partial charge in [-0.05, 0) is 48.2 Å². The van der Waals surface area contributed by atoms with Gasteiger partial charge in [-0.15, -0.1) is 0 Å². The van der Waals surface area contributed by atoms with Crippen molar-refractivity contribution >= 4 is 21.6 Å². The molecular weight excluding hydrogens is 415 g/mol. The smallest absolute Gasteiger partial charge is 0.251 e. The van der Waals surface area contributed by atoms with Crippen molar-refractivity contribution in [1.29, 1.82) is 0 Å². The third kappa shape index (κ3) is 6.39. The first-order valence-corrected chi connectivity index (χ1v) is 11.8. The van der Waals surface area contributed by atoms with Gasteiger partial charge in [0.1, 0.15) is 5.82 Å². The highest BCUT2D eigenvalue weighted by Crippen LogP contribution is 2.23. The maximum atomic E-state index is 14.1. The topological polar surface area (TPSA) is 66.5 Å². The summed E-state index contributed by atoms with van der Waals surface area (Å²) in [5.74, 6) is -0.798. The number of nitrogens with zero attached hydrogens (tertiary/aromatic N) is 1. The van der Waals surface area contributed by atoms with Crippen LogP contribution < -0.4 is 9.62 Å². The highest BCUT2D eigenvalue weighted by molar-refractivity contribution is 7.92. The van der Waals surface area contributed by atoms with Crippen molar-refractivity contribution in [3.8, 4) is 0 Å². The Morgan fingerprint density at radius 2 is 1.55 bits per heavy atom. The van der Waals surface area contributed by atoms with E-state index in [1.807, 2.05) is 18.2 Å². The van der Waals surface area contributed by atoms with Gasteiger partial charge in [-0.1, -0.05) is 54.6 Å². The fourth-order valence-electron chi connectivity index (χ4n) is 3.20. The molecule has 0 spiro atoms. The fraction of sp³-hybridized carbons (Fsp3) is 0.208. The quantitative estimate of drug-likeness (QED) is 0.508. The molecule has 0 saturated heterocycles. The molecule has 0 unspecified atom stereocenters. The van der Waals surface area contributed by atoms with Gasteiger partial charge in [-0.2, -0.15) is 0 Å². The number of nitrogens with one attached hydrogen (secondary N) is 1. The molecule has 0 aliphatic heterocycles. The molecule has 3 rings (SSSR count). The third-order valence-corrected chi connectivity index (χ3v) is 5.96. The van der Waals surface area contributed by atoms with Crippen LogP contribution in [-0.2, 0) is 23.0 Å². The van der Waals surface area contributed by atoms with Gasteiger partial charge in [0.25, 0.3) is 5.91 Å². The molecule has 0 heterocycles. The molecule has 1 amide bonds. The van der Waals surface area contributed by atoms with Crippen LogP contribution in [0.2, 0.25) is 0 Å². The second-order valence-corrected chi connectivity index (χ2v) is 9.17. The molecule has 0 fully saturated rings. The van der Waals surface area contributed by atoms with Crippen LogP contribution in [0.5, 0.6) is 0 Å². The van der Waals surface area contributed by atoms with E-state index < -0.39 is 15.8 Å². The molecule has 3 aromatic carbocycles. The number of aryl methyl sites for hydroxylation is 1. The van der Waals surface area contributed by atoms with Crippen LogP contribution in [0.15, 0.2) is 78.9 Å². The summed E-state index contributed by atoms with van der Waals surface area (Å²) in [4.78, 5) is 12.3. The summed E-state index contributed by atoms with van der Waals surface area (Å²) < 4.78 is 39.6. The number of hydrogen-bond acceptors (Lipinski definition) is 3. The number of amides is 1. The van der Waals surface area contributed by atoms with E-state index >= 15 is 0 Å². The number of carbonyl (C=O) groups is 1. The van der Waals surface area contributed by atoms with E-state index in [-0.39, 0.29) is 18.1 Å². The summed E-state index contributed by atoms with van der Waals surface area (Å²) in [6.07, 6.45) is 2.76. The summed E-state index contributed by atoms with van der Waals surface area (Å²) in [6, 6.07) is 22.5. The van der Waals surface area contributed by atoms with E-state index in [9.17, 15) is 17.6 Å². The predicted octanol–water partition coefficient (Wildman–Crippen LogP) is 4.15. The average molecular weight is 441 g/mol. The lowest BCUT2D eigenvalue weighted by Gasteiger charge is -2.23. The van der Waals surface area contributed by atoms with Gasteiger partial charge < -0.3 is 5.32 Å². The first-order chi connectivity index (χ1) is 14.8. The minimum atomic E-state index is -3.69. The monoisotopic (exact) mass is 440 g/mol. The zero-order chi connectivity index (χ0) is 22.3. The number of hydrogen-bond donors (Lipinski definition) is 1. The van der Waals surface area contributed by atoms with Crippen LogP contribution in [0.4, 0.5) is 10.1 Å². The molecule has 0 bridgehead atoms. The lowest BCUT2D eigenvalue weighted by atomic mass is 10.1. The first kappa shape index (κ1) is 22.5. The molecule has 0 aliphatic rings. The number of para-hydroxylation sites is 1. The third-order valence-electron chi connectivity index (χ3n) is 4.83. The molecular formula is C24H25FN2O3S. The minimum Gasteiger partial charge on any atom is -0.352 e. The van der Waals surface area contributed by atoms with E-state index in [1.165, 1.54) is 23.8 Å². The van der Waals surface area contributed by atoms with Gasteiger partial charge in [-0.3, -0.25) is 9.10 Å². The van der Waals surface area contributed by atoms with E-state index in [0.717, 1.165) is 23.4 Å². The molecule has 5 nitrogen and oxygen atoms in total. The largest absolute Gasteiger partial charge is 0.352 e. The molecule has 1 N–H and O–H groups in total. The summed E-state index contributed by atoms with van der Waals surface area (Å²) in [5.41, 5.74) is 2.35. The maximum absolute atomic E-state index is 14.1. The Kier molecular flexibility index (Phi) is 7.41. The van der Waals surface area contributed by atoms with Crippen LogP contribution in [0.1, 0.15) is 27.9 Å². The number of benzene rings is 3. The number of sulfonamides is 1. The minimum absolute atomic E-state index is 0.00904. The number of rotatable bonds is 9. The fourth-order valence-corrected chi connectivity index (χ4v) is 4.09. The van der Waals surface area contributed by atoms with Crippen molar-refractivity contribution < 1.29 is 17.6 Å². The molecule has 0 aliphatic carbocycles. The van der Waals surface area contributed by atoms with Gasteiger partial charge >= 0.3 is 0 Å². The zero-order valence-corrected chi connectivity index (χ0v) is 18.1. The van der Waals surface area contributed by atoms with Crippen LogP contribution in [0.25, 0.3) is 0 Å². The Labute approximate surface area is 182 Å². The molecule has 0 radical (unpaired) electrons. The Bertz CT molecular complexity index is 1120. The van der Waals surface area contributed by atoms with Crippen LogP contribution in [0, 0.1) is 5.82 Å². The highest BCUT2D eigenvalue weighted by atomic mass is 32.2. The first-order valence-electron chi connectivity index (χ1n) is 9.98. The Hall–Kier alpha value is -3.19. The molecule has 0 atom stereocenters. The van der Waals surface area contributed by atoms with Crippen molar-refractivity contribution in [2.45, 2.75) is 19.4 Å². The van der Waals surface area contributed by atoms with Crippen molar-refractivity contribution in [1.82, 2.24) is 5.32 Å². The Balaban J connectivity index is 1.59. The summed E-state index contributed by atoms with van der Waals surface area (Å²) in [6.45, 7) is 0.531. The van der Waals surface area contributed by atoms with Gasteiger partial charge in [0.05, 0.1) is 18.5 Å². The number of anilines is 1.